The minimum atomic E-state index is -0.218. The van der Waals surface area contributed by atoms with Gasteiger partial charge in [-0.05, 0) is 36.8 Å². The van der Waals surface area contributed by atoms with Crippen molar-refractivity contribution in [2.45, 2.75) is 56.1 Å². The third-order valence-electron chi connectivity index (χ3n) is 5.12. The number of hydrazine groups is 1. The van der Waals surface area contributed by atoms with Crippen molar-refractivity contribution in [3.05, 3.63) is 34.9 Å². The second kappa shape index (κ2) is 7.73. The lowest BCUT2D eigenvalue weighted by atomic mass is 9.98. The van der Waals surface area contributed by atoms with Gasteiger partial charge in [0.25, 0.3) is 0 Å². The summed E-state index contributed by atoms with van der Waals surface area (Å²) in [4.78, 5) is 15.2. The SMILES string of the molecule is CC(C)C1NNC(C(=O)N2CCCC2Cc2ccccc2Cl)C1Br. The van der Waals surface area contributed by atoms with Gasteiger partial charge >= 0.3 is 0 Å². The molecule has 2 aliphatic rings. The number of carbonyl (C=O) groups excluding carboxylic acids is 1. The number of halogens is 2. The van der Waals surface area contributed by atoms with Crippen molar-refractivity contribution in [1.82, 2.24) is 15.8 Å². The van der Waals surface area contributed by atoms with Crippen molar-refractivity contribution in [3.63, 3.8) is 0 Å². The Balaban J connectivity index is 1.69. The first-order valence-electron chi connectivity index (χ1n) is 8.68. The van der Waals surface area contributed by atoms with Crippen molar-refractivity contribution >= 4 is 33.4 Å². The molecule has 6 heteroatoms. The van der Waals surface area contributed by atoms with Gasteiger partial charge in [-0.2, -0.15) is 0 Å². The summed E-state index contributed by atoms with van der Waals surface area (Å²) in [5.74, 6) is 0.638. The van der Waals surface area contributed by atoms with E-state index in [1.54, 1.807) is 0 Å². The Morgan fingerprint density at radius 3 is 2.79 bits per heavy atom. The molecule has 0 aliphatic carbocycles. The number of nitrogens with zero attached hydrogens (tertiary/aromatic N) is 1. The van der Waals surface area contributed by atoms with Crippen LogP contribution in [0.1, 0.15) is 32.3 Å². The molecule has 2 saturated heterocycles. The summed E-state index contributed by atoms with van der Waals surface area (Å²) in [5, 5.41) is 0.788. The normalized spacial score (nSPS) is 30.3. The first-order chi connectivity index (χ1) is 11.5. The van der Waals surface area contributed by atoms with Gasteiger partial charge in [0.05, 0.1) is 4.83 Å². The van der Waals surface area contributed by atoms with E-state index in [0.29, 0.717) is 5.92 Å². The standard InChI is InChI=1S/C18H25BrClN3O/c1-11(2)16-15(19)17(22-21-16)18(24)23-9-5-7-13(23)10-12-6-3-4-8-14(12)20/h3-4,6,8,11,13,15-17,21-22H,5,7,9-10H2,1-2H3. The second-order valence-corrected chi connectivity index (χ2v) is 8.57. The van der Waals surface area contributed by atoms with Crippen LogP contribution in [0.5, 0.6) is 0 Å². The van der Waals surface area contributed by atoms with Gasteiger partial charge in [-0.3, -0.25) is 10.2 Å². The summed E-state index contributed by atoms with van der Waals surface area (Å²) in [6.45, 7) is 5.16. The molecule has 0 spiro atoms. The number of amides is 1. The van der Waals surface area contributed by atoms with E-state index >= 15 is 0 Å². The Hall–Kier alpha value is -0.620. The number of hydrogen-bond donors (Lipinski definition) is 2. The lowest BCUT2D eigenvalue weighted by Gasteiger charge is -2.29. The topological polar surface area (TPSA) is 44.4 Å². The fourth-order valence-electron chi connectivity index (χ4n) is 3.72. The van der Waals surface area contributed by atoms with Crippen molar-refractivity contribution < 1.29 is 4.79 Å². The van der Waals surface area contributed by atoms with E-state index in [-0.39, 0.29) is 28.9 Å². The Labute approximate surface area is 157 Å². The first kappa shape index (κ1) is 18.2. The van der Waals surface area contributed by atoms with Crippen molar-refractivity contribution in [3.8, 4) is 0 Å². The maximum absolute atomic E-state index is 13.1. The van der Waals surface area contributed by atoms with Crippen LogP contribution in [0.4, 0.5) is 0 Å². The number of benzene rings is 1. The number of hydrogen-bond acceptors (Lipinski definition) is 3. The summed E-state index contributed by atoms with van der Waals surface area (Å²) < 4.78 is 0. The van der Waals surface area contributed by atoms with Crippen molar-refractivity contribution in [1.29, 1.82) is 0 Å². The van der Waals surface area contributed by atoms with Crippen molar-refractivity contribution in [2.75, 3.05) is 6.54 Å². The van der Waals surface area contributed by atoms with Gasteiger partial charge in [-0.15, -0.1) is 0 Å². The number of nitrogens with one attached hydrogen (secondary N) is 2. The van der Waals surface area contributed by atoms with Crippen LogP contribution >= 0.6 is 27.5 Å². The predicted molar refractivity (Wildman–Crippen MR) is 101 cm³/mol. The van der Waals surface area contributed by atoms with Gasteiger partial charge in [-0.25, -0.2) is 5.43 Å². The average molecular weight is 415 g/mol. The van der Waals surface area contributed by atoms with Crippen LogP contribution < -0.4 is 10.9 Å². The molecule has 1 amide bonds. The Bertz CT molecular complexity index is 597. The quantitative estimate of drug-likeness (QED) is 0.744. The van der Waals surface area contributed by atoms with Crippen LogP contribution in [-0.2, 0) is 11.2 Å². The number of alkyl halides is 1. The highest BCUT2D eigenvalue weighted by Crippen LogP contribution is 2.28. The molecule has 132 valence electrons. The summed E-state index contributed by atoms with van der Waals surface area (Å²) in [5.41, 5.74) is 7.59. The largest absolute Gasteiger partial charge is 0.338 e. The molecule has 1 aromatic carbocycles. The van der Waals surface area contributed by atoms with E-state index in [1.165, 1.54) is 0 Å². The molecule has 4 atom stereocenters. The molecule has 2 N–H and O–H groups in total. The minimum absolute atomic E-state index is 0.103. The zero-order valence-corrected chi connectivity index (χ0v) is 16.5. The fourth-order valence-corrected chi connectivity index (χ4v) is 5.03. The number of rotatable bonds is 4. The van der Waals surface area contributed by atoms with Crippen molar-refractivity contribution in [2.24, 2.45) is 5.92 Å². The van der Waals surface area contributed by atoms with Crippen LogP contribution in [0.2, 0.25) is 5.02 Å². The number of carbonyl (C=O) groups is 1. The summed E-state index contributed by atoms with van der Waals surface area (Å²) in [6.07, 6.45) is 2.92. The van der Waals surface area contributed by atoms with Gasteiger partial charge in [-0.1, -0.05) is 59.6 Å². The molecule has 0 aromatic heterocycles. The van der Waals surface area contributed by atoms with E-state index < -0.39 is 0 Å². The van der Waals surface area contributed by atoms with Gasteiger partial charge < -0.3 is 4.90 Å². The van der Waals surface area contributed by atoms with Gasteiger partial charge in [0, 0.05) is 23.7 Å². The molecule has 4 unspecified atom stereocenters. The predicted octanol–water partition coefficient (Wildman–Crippen LogP) is 3.14. The molecule has 3 rings (SSSR count). The highest BCUT2D eigenvalue weighted by atomic mass is 79.9. The minimum Gasteiger partial charge on any atom is -0.338 e. The highest BCUT2D eigenvalue weighted by molar-refractivity contribution is 9.09. The zero-order chi connectivity index (χ0) is 17.3. The van der Waals surface area contributed by atoms with E-state index in [4.69, 9.17) is 11.6 Å². The Morgan fingerprint density at radius 2 is 2.12 bits per heavy atom. The van der Waals surface area contributed by atoms with Crippen LogP contribution in [0, 0.1) is 5.92 Å². The molecular weight excluding hydrogens is 390 g/mol. The van der Waals surface area contributed by atoms with E-state index in [0.717, 1.165) is 36.4 Å². The second-order valence-electron chi connectivity index (χ2n) is 7.10. The molecule has 2 fully saturated rings. The first-order valence-corrected chi connectivity index (χ1v) is 9.97. The highest BCUT2D eigenvalue weighted by Gasteiger charge is 2.43. The molecule has 24 heavy (non-hydrogen) atoms. The summed E-state index contributed by atoms with van der Waals surface area (Å²) in [6, 6.07) is 8.19. The monoisotopic (exact) mass is 413 g/mol. The Kier molecular flexibility index (Phi) is 5.85. The van der Waals surface area contributed by atoms with E-state index in [9.17, 15) is 4.79 Å². The molecule has 2 heterocycles. The van der Waals surface area contributed by atoms with Crippen LogP contribution in [0.25, 0.3) is 0 Å². The van der Waals surface area contributed by atoms with Gasteiger partial charge in [0.2, 0.25) is 5.91 Å². The van der Waals surface area contributed by atoms with Crippen LogP contribution in [0.3, 0.4) is 0 Å². The maximum atomic E-state index is 13.1. The third kappa shape index (κ3) is 3.64. The summed E-state index contributed by atoms with van der Waals surface area (Å²) in [7, 11) is 0. The molecule has 4 nitrogen and oxygen atoms in total. The van der Waals surface area contributed by atoms with Crippen LogP contribution in [-0.4, -0.2) is 40.3 Å². The Morgan fingerprint density at radius 1 is 1.38 bits per heavy atom. The summed E-state index contributed by atoms with van der Waals surface area (Å²) >= 11 is 10.0. The van der Waals surface area contributed by atoms with E-state index in [2.05, 4.69) is 46.7 Å². The lowest BCUT2D eigenvalue weighted by molar-refractivity contribution is -0.133. The number of likely N-dealkylation sites (tertiary alicyclic amines) is 1. The van der Waals surface area contributed by atoms with Gasteiger partial charge in [0.1, 0.15) is 6.04 Å². The molecular formula is C18H25BrClN3O. The molecule has 1 aromatic rings. The smallest absolute Gasteiger partial charge is 0.242 e. The van der Waals surface area contributed by atoms with E-state index in [1.807, 2.05) is 23.1 Å². The maximum Gasteiger partial charge on any atom is 0.242 e. The fraction of sp³-hybridized carbons (Fsp3) is 0.611. The zero-order valence-electron chi connectivity index (χ0n) is 14.1. The van der Waals surface area contributed by atoms with Crippen LogP contribution in [0.15, 0.2) is 24.3 Å². The molecule has 0 radical (unpaired) electrons. The van der Waals surface area contributed by atoms with Gasteiger partial charge in [0.15, 0.2) is 0 Å². The third-order valence-corrected chi connectivity index (χ3v) is 6.59. The molecule has 2 aliphatic heterocycles. The lowest BCUT2D eigenvalue weighted by Crippen LogP contribution is -2.50. The molecule has 0 saturated carbocycles. The molecule has 0 bridgehead atoms. The average Bonchev–Trinajstić information content (AvgIpc) is 3.15.